The van der Waals surface area contributed by atoms with E-state index in [1.54, 1.807) is 18.6 Å². The lowest BCUT2D eigenvalue weighted by Crippen LogP contribution is -2.34. The summed E-state index contributed by atoms with van der Waals surface area (Å²) >= 11 is 0. The molecule has 0 spiro atoms. The number of benzene rings is 2. The monoisotopic (exact) mass is 474 g/mol. The van der Waals surface area contributed by atoms with E-state index in [4.69, 9.17) is 9.47 Å². The Bertz CT molecular complexity index is 1300. The summed E-state index contributed by atoms with van der Waals surface area (Å²) in [7, 11) is 1.59. The zero-order valence-electron chi connectivity index (χ0n) is 20.4. The molecule has 0 saturated heterocycles. The quantitative estimate of drug-likeness (QED) is 0.469. The van der Waals surface area contributed by atoms with Gasteiger partial charge >= 0.3 is 11.7 Å². The fraction of sp³-hybridized carbons (Fsp3) is 0.296. The Labute approximate surface area is 204 Å². The van der Waals surface area contributed by atoms with Gasteiger partial charge in [-0.2, -0.15) is 4.98 Å². The third kappa shape index (κ3) is 4.97. The van der Waals surface area contributed by atoms with Crippen molar-refractivity contribution in [1.82, 2.24) is 9.55 Å². The number of fused-ring (bicyclic) bond motifs is 1. The third-order valence-corrected chi connectivity index (χ3v) is 5.97. The van der Waals surface area contributed by atoms with E-state index < -0.39 is 17.6 Å². The first-order valence-electron chi connectivity index (χ1n) is 11.6. The Morgan fingerprint density at radius 1 is 1.11 bits per heavy atom. The highest BCUT2D eigenvalue weighted by Crippen LogP contribution is 2.45. The molecule has 4 rings (SSSR count). The van der Waals surface area contributed by atoms with Crippen LogP contribution in [0.3, 0.4) is 0 Å². The van der Waals surface area contributed by atoms with E-state index in [9.17, 15) is 9.59 Å². The van der Waals surface area contributed by atoms with Gasteiger partial charge in [-0.15, -0.1) is 0 Å². The number of aromatic nitrogens is 2. The van der Waals surface area contributed by atoms with Gasteiger partial charge in [-0.1, -0.05) is 48.0 Å². The first kappa shape index (κ1) is 24.2. The van der Waals surface area contributed by atoms with Crippen molar-refractivity contribution in [3.63, 3.8) is 0 Å². The number of rotatable bonds is 8. The summed E-state index contributed by atoms with van der Waals surface area (Å²) in [6, 6.07) is 17.5. The van der Waals surface area contributed by atoms with E-state index in [0.717, 1.165) is 16.8 Å². The van der Waals surface area contributed by atoms with E-state index in [1.807, 2.05) is 68.4 Å². The van der Waals surface area contributed by atoms with Crippen LogP contribution >= 0.6 is 0 Å². The standard InChI is InChI=1S/C27H30N4O4/c1-5-35-26(32)21-18(3)28-25-23(22(21)19-9-7-6-8-10-19)24(29-20-13-11-17(2)12-14-20)30-27(33)31(25)15-16-34-4/h6-14,22,28H,5,15-16H2,1-4H3,(H,29,30,33). The van der Waals surface area contributed by atoms with Crippen molar-refractivity contribution in [3.05, 3.63) is 93.0 Å². The molecule has 8 heteroatoms. The van der Waals surface area contributed by atoms with Gasteiger partial charge in [0.05, 0.1) is 31.2 Å². The Morgan fingerprint density at radius 2 is 1.83 bits per heavy atom. The molecule has 182 valence electrons. The third-order valence-electron chi connectivity index (χ3n) is 5.97. The maximum absolute atomic E-state index is 13.2. The topological polar surface area (TPSA) is 94.5 Å². The van der Waals surface area contributed by atoms with Crippen LogP contribution in [-0.4, -0.2) is 35.8 Å². The van der Waals surface area contributed by atoms with Crippen LogP contribution in [0.2, 0.25) is 0 Å². The molecular weight excluding hydrogens is 444 g/mol. The molecule has 1 aliphatic heterocycles. The average molecular weight is 475 g/mol. The van der Waals surface area contributed by atoms with Crippen molar-refractivity contribution in [2.75, 3.05) is 31.0 Å². The van der Waals surface area contributed by atoms with E-state index >= 15 is 0 Å². The first-order chi connectivity index (χ1) is 16.9. The number of nitrogens with one attached hydrogen (secondary N) is 2. The van der Waals surface area contributed by atoms with Crippen LogP contribution in [0.1, 0.15) is 36.5 Å². The molecule has 0 radical (unpaired) electrons. The van der Waals surface area contributed by atoms with Crippen LogP contribution in [-0.2, 0) is 20.8 Å². The predicted octanol–water partition coefficient (Wildman–Crippen LogP) is 4.34. The molecule has 0 bridgehead atoms. The molecule has 0 fully saturated rings. The van der Waals surface area contributed by atoms with Crippen molar-refractivity contribution < 1.29 is 14.3 Å². The fourth-order valence-electron chi connectivity index (χ4n) is 4.30. The summed E-state index contributed by atoms with van der Waals surface area (Å²) in [4.78, 5) is 30.7. The number of aryl methyl sites for hydroxylation is 1. The minimum Gasteiger partial charge on any atom is -0.463 e. The Kier molecular flexibility index (Phi) is 7.31. The SMILES string of the molecule is CCOC(=O)C1=C(C)Nc2c(c(Nc3ccc(C)cc3)nc(=O)n2CCOC)C1c1ccccc1. The smallest absolute Gasteiger partial charge is 0.351 e. The Hall–Kier alpha value is -3.91. The number of anilines is 3. The van der Waals surface area contributed by atoms with Crippen molar-refractivity contribution >= 4 is 23.3 Å². The highest BCUT2D eigenvalue weighted by molar-refractivity contribution is 5.95. The van der Waals surface area contributed by atoms with Gasteiger partial charge in [0, 0.05) is 24.1 Å². The molecule has 35 heavy (non-hydrogen) atoms. The highest BCUT2D eigenvalue weighted by atomic mass is 16.5. The fourth-order valence-corrected chi connectivity index (χ4v) is 4.30. The van der Waals surface area contributed by atoms with Gasteiger partial charge in [-0.3, -0.25) is 4.57 Å². The summed E-state index contributed by atoms with van der Waals surface area (Å²) in [5.41, 5.74) is 4.19. The predicted molar refractivity (Wildman–Crippen MR) is 136 cm³/mol. The highest BCUT2D eigenvalue weighted by Gasteiger charge is 2.37. The lowest BCUT2D eigenvalue weighted by Gasteiger charge is -2.33. The zero-order valence-corrected chi connectivity index (χ0v) is 20.4. The number of methoxy groups -OCH3 is 1. The molecule has 0 aliphatic carbocycles. The number of carbonyl (C=O) groups is 1. The maximum atomic E-state index is 13.2. The van der Waals surface area contributed by atoms with Gasteiger partial charge in [-0.25, -0.2) is 9.59 Å². The number of carbonyl (C=O) groups excluding carboxylic acids is 1. The van der Waals surface area contributed by atoms with Gasteiger partial charge in [0.2, 0.25) is 0 Å². The minimum absolute atomic E-state index is 0.254. The van der Waals surface area contributed by atoms with Crippen LogP contribution < -0.4 is 16.3 Å². The zero-order chi connectivity index (χ0) is 24.9. The summed E-state index contributed by atoms with van der Waals surface area (Å²) < 4.78 is 12.2. The molecule has 0 saturated carbocycles. The van der Waals surface area contributed by atoms with Gasteiger partial charge in [0.1, 0.15) is 11.6 Å². The minimum atomic E-state index is -0.499. The molecular formula is C27H30N4O4. The van der Waals surface area contributed by atoms with Crippen molar-refractivity contribution in [2.24, 2.45) is 0 Å². The molecule has 2 N–H and O–H groups in total. The lowest BCUT2D eigenvalue weighted by molar-refractivity contribution is -0.138. The first-order valence-corrected chi connectivity index (χ1v) is 11.6. The molecule has 2 aromatic carbocycles. The van der Waals surface area contributed by atoms with Crippen LogP contribution in [0.5, 0.6) is 0 Å². The normalized spacial score (nSPS) is 14.8. The maximum Gasteiger partial charge on any atom is 0.351 e. The molecule has 3 aromatic rings. The molecule has 1 aliphatic rings. The molecule has 8 nitrogen and oxygen atoms in total. The molecule has 1 atom stereocenters. The second-order valence-electron chi connectivity index (χ2n) is 8.37. The van der Waals surface area contributed by atoms with E-state index in [2.05, 4.69) is 15.6 Å². The van der Waals surface area contributed by atoms with E-state index in [1.165, 1.54) is 0 Å². The number of hydrogen-bond acceptors (Lipinski definition) is 7. The van der Waals surface area contributed by atoms with E-state index in [-0.39, 0.29) is 6.61 Å². The molecule has 1 aromatic heterocycles. The summed E-state index contributed by atoms with van der Waals surface area (Å²) in [6.45, 7) is 6.52. The number of ether oxygens (including phenoxy) is 2. The number of allylic oxidation sites excluding steroid dienone is 1. The summed E-state index contributed by atoms with van der Waals surface area (Å²) in [5.74, 6) is 0.0588. The van der Waals surface area contributed by atoms with Gasteiger partial charge in [0.15, 0.2) is 0 Å². The largest absolute Gasteiger partial charge is 0.463 e. The van der Waals surface area contributed by atoms with E-state index in [0.29, 0.717) is 41.6 Å². The Morgan fingerprint density at radius 3 is 2.49 bits per heavy atom. The summed E-state index contributed by atoms with van der Waals surface area (Å²) in [5, 5.41) is 6.63. The van der Waals surface area contributed by atoms with Crippen molar-refractivity contribution in [3.8, 4) is 0 Å². The van der Waals surface area contributed by atoms with Gasteiger partial charge in [-0.05, 0) is 38.5 Å². The van der Waals surface area contributed by atoms with Crippen molar-refractivity contribution in [1.29, 1.82) is 0 Å². The van der Waals surface area contributed by atoms with Crippen LogP contribution in [0.25, 0.3) is 0 Å². The second kappa shape index (κ2) is 10.6. The molecule has 1 unspecified atom stereocenters. The lowest BCUT2D eigenvalue weighted by atomic mass is 9.81. The Balaban J connectivity index is 1.98. The van der Waals surface area contributed by atoms with Gasteiger partial charge < -0.3 is 20.1 Å². The average Bonchev–Trinajstić information content (AvgIpc) is 2.85. The number of nitrogens with zero attached hydrogens (tertiary/aromatic N) is 2. The number of hydrogen-bond donors (Lipinski definition) is 2. The van der Waals surface area contributed by atoms with Crippen LogP contribution in [0.15, 0.2) is 70.7 Å². The molecule has 2 heterocycles. The second-order valence-corrected chi connectivity index (χ2v) is 8.37. The van der Waals surface area contributed by atoms with Crippen LogP contribution in [0.4, 0.5) is 17.3 Å². The number of esters is 1. The van der Waals surface area contributed by atoms with Crippen LogP contribution in [0, 0.1) is 6.92 Å². The molecule has 0 amide bonds. The van der Waals surface area contributed by atoms with Crippen molar-refractivity contribution in [2.45, 2.75) is 33.2 Å². The van der Waals surface area contributed by atoms with Gasteiger partial charge in [0.25, 0.3) is 0 Å². The summed E-state index contributed by atoms with van der Waals surface area (Å²) in [6.07, 6.45) is 0.